The predicted molar refractivity (Wildman–Crippen MR) is 82.8 cm³/mol. The zero-order chi connectivity index (χ0) is 13.9. The van der Waals surface area contributed by atoms with Gasteiger partial charge in [-0.2, -0.15) is 0 Å². The maximum absolute atomic E-state index is 9.55. The van der Waals surface area contributed by atoms with Gasteiger partial charge in [0.1, 0.15) is 5.01 Å². The molecule has 1 saturated heterocycles. The smallest absolute Gasteiger partial charge is 0.123 e. The van der Waals surface area contributed by atoms with Crippen molar-refractivity contribution in [3.63, 3.8) is 0 Å². The fourth-order valence-corrected chi connectivity index (χ4v) is 3.40. The molecule has 2 heterocycles. The molecule has 1 aromatic carbocycles. The molecule has 1 N–H and O–H groups in total. The molecule has 0 amide bonds. The summed E-state index contributed by atoms with van der Waals surface area (Å²) in [5.41, 5.74) is 3.66. The Morgan fingerprint density at radius 2 is 2.15 bits per heavy atom. The summed E-state index contributed by atoms with van der Waals surface area (Å²) in [6, 6.07) is 8.66. The Kier molecular flexibility index (Phi) is 4.15. The van der Waals surface area contributed by atoms with E-state index in [2.05, 4.69) is 41.5 Å². The zero-order valence-electron chi connectivity index (χ0n) is 11.7. The second-order valence-corrected chi connectivity index (χ2v) is 6.23. The van der Waals surface area contributed by atoms with Gasteiger partial charge >= 0.3 is 0 Å². The van der Waals surface area contributed by atoms with Crippen molar-refractivity contribution in [1.82, 2.24) is 9.88 Å². The van der Waals surface area contributed by atoms with Gasteiger partial charge in [0.05, 0.1) is 11.8 Å². The van der Waals surface area contributed by atoms with Gasteiger partial charge in [0.15, 0.2) is 0 Å². The first-order chi connectivity index (χ1) is 9.74. The Hall–Kier alpha value is -1.23. The van der Waals surface area contributed by atoms with E-state index in [0.717, 1.165) is 43.2 Å². The van der Waals surface area contributed by atoms with Crippen molar-refractivity contribution in [2.75, 3.05) is 13.1 Å². The lowest BCUT2D eigenvalue weighted by Crippen LogP contribution is -2.21. The number of nitrogens with zero attached hydrogens (tertiary/aromatic N) is 2. The number of aromatic nitrogens is 1. The number of thiazole rings is 1. The molecule has 1 atom stereocenters. The Bertz CT molecular complexity index is 564. The average Bonchev–Trinajstić information content (AvgIpc) is 3.09. The van der Waals surface area contributed by atoms with Crippen LogP contribution in [0.25, 0.3) is 10.6 Å². The predicted octanol–water partition coefficient (Wildman–Crippen LogP) is 2.94. The third kappa shape index (κ3) is 3.08. The van der Waals surface area contributed by atoms with Gasteiger partial charge in [0, 0.05) is 30.6 Å². The highest BCUT2D eigenvalue weighted by Gasteiger charge is 2.20. The number of benzene rings is 1. The Labute approximate surface area is 123 Å². The number of hydrogen-bond acceptors (Lipinski definition) is 4. The molecule has 4 heteroatoms. The van der Waals surface area contributed by atoms with E-state index in [-0.39, 0.29) is 6.10 Å². The summed E-state index contributed by atoms with van der Waals surface area (Å²) in [5.74, 6) is 0. The van der Waals surface area contributed by atoms with Gasteiger partial charge in [-0.25, -0.2) is 4.98 Å². The van der Waals surface area contributed by atoms with Crippen LogP contribution in [-0.2, 0) is 13.0 Å². The minimum absolute atomic E-state index is 0.158. The fraction of sp³-hybridized carbons (Fsp3) is 0.438. The summed E-state index contributed by atoms with van der Waals surface area (Å²) < 4.78 is 0. The minimum Gasteiger partial charge on any atom is -0.392 e. The van der Waals surface area contributed by atoms with Crippen molar-refractivity contribution in [2.24, 2.45) is 0 Å². The Balaban J connectivity index is 1.69. The molecule has 0 aliphatic carbocycles. The van der Waals surface area contributed by atoms with Crippen LogP contribution in [0, 0.1) is 0 Å². The van der Waals surface area contributed by atoms with Gasteiger partial charge in [-0.1, -0.05) is 31.2 Å². The number of aryl methyl sites for hydroxylation is 1. The Morgan fingerprint density at radius 1 is 1.35 bits per heavy atom. The van der Waals surface area contributed by atoms with Crippen LogP contribution in [0.15, 0.2) is 29.6 Å². The molecule has 0 bridgehead atoms. The third-order valence-electron chi connectivity index (χ3n) is 3.79. The summed E-state index contributed by atoms with van der Waals surface area (Å²) in [5, 5.41) is 12.8. The summed E-state index contributed by atoms with van der Waals surface area (Å²) in [7, 11) is 0. The van der Waals surface area contributed by atoms with Crippen LogP contribution in [0.3, 0.4) is 0 Å². The Morgan fingerprint density at radius 3 is 2.80 bits per heavy atom. The highest BCUT2D eigenvalue weighted by molar-refractivity contribution is 7.13. The maximum Gasteiger partial charge on any atom is 0.123 e. The van der Waals surface area contributed by atoms with Crippen LogP contribution in [-0.4, -0.2) is 34.2 Å². The van der Waals surface area contributed by atoms with Gasteiger partial charge in [-0.3, -0.25) is 4.90 Å². The van der Waals surface area contributed by atoms with E-state index in [1.807, 2.05) is 0 Å². The van der Waals surface area contributed by atoms with Crippen LogP contribution in [0.1, 0.15) is 24.6 Å². The van der Waals surface area contributed by atoms with E-state index in [9.17, 15) is 5.11 Å². The van der Waals surface area contributed by atoms with E-state index >= 15 is 0 Å². The van der Waals surface area contributed by atoms with Crippen LogP contribution >= 0.6 is 11.3 Å². The molecule has 1 aliphatic rings. The molecule has 0 spiro atoms. The number of aliphatic hydroxyl groups excluding tert-OH is 1. The van der Waals surface area contributed by atoms with Crippen LogP contribution in [0.5, 0.6) is 0 Å². The highest BCUT2D eigenvalue weighted by atomic mass is 32.1. The minimum atomic E-state index is -0.158. The summed E-state index contributed by atoms with van der Waals surface area (Å²) >= 11 is 1.70. The molecular formula is C16H20N2OS. The largest absolute Gasteiger partial charge is 0.392 e. The van der Waals surface area contributed by atoms with E-state index < -0.39 is 0 Å². The highest BCUT2D eigenvalue weighted by Crippen LogP contribution is 2.25. The van der Waals surface area contributed by atoms with E-state index in [1.54, 1.807) is 11.3 Å². The lowest BCUT2D eigenvalue weighted by Gasteiger charge is -2.12. The molecule has 1 aliphatic heterocycles. The molecule has 0 radical (unpaired) electrons. The van der Waals surface area contributed by atoms with Crippen molar-refractivity contribution < 1.29 is 5.11 Å². The molecule has 1 fully saturated rings. The van der Waals surface area contributed by atoms with Crippen molar-refractivity contribution in [2.45, 2.75) is 32.4 Å². The summed E-state index contributed by atoms with van der Waals surface area (Å²) in [6.45, 7) is 4.76. The van der Waals surface area contributed by atoms with Crippen LogP contribution < -0.4 is 0 Å². The maximum atomic E-state index is 9.55. The van der Waals surface area contributed by atoms with Gasteiger partial charge in [0.2, 0.25) is 0 Å². The zero-order valence-corrected chi connectivity index (χ0v) is 12.6. The van der Waals surface area contributed by atoms with Crippen molar-refractivity contribution >= 4 is 11.3 Å². The van der Waals surface area contributed by atoms with Crippen molar-refractivity contribution in [1.29, 1.82) is 0 Å². The lowest BCUT2D eigenvalue weighted by atomic mass is 10.1. The van der Waals surface area contributed by atoms with Gasteiger partial charge in [0.25, 0.3) is 0 Å². The van der Waals surface area contributed by atoms with Crippen molar-refractivity contribution in [3.8, 4) is 10.6 Å². The number of likely N-dealkylation sites (tertiary alicyclic amines) is 1. The molecule has 0 unspecified atom stereocenters. The second kappa shape index (κ2) is 6.04. The van der Waals surface area contributed by atoms with Crippen LogP contribution in [0.4, 0.5) is 0 Å². The SMILES string of the molecule is CCc1ccc(-c2nc(CN3CC[C@H](O)C3)cs2)cc1. The lowest BCUT2D eigenvalue weighted by molar-refractivity contribution is 0.174. The molecule has 1 aromatic heterocycles. The first-order valence-electron chi connectivity index (χ1n) is 7.18. The molecule has 20 heavy (non-hydrogen) atoms. The van der Waals surface area contributed by atoms with Crippen molar-refractivity contribution in [3.05, 3.63) is 40.9 Å². The summed E-state index contributed by atoms with van der Waals surface area (Å²) in [6.07, 6.45) is 1.80. The normalized spacial score (nSPS) is 19.6. The average molecular weight is 288 g/mol. The van der Waals surface area contributed by atoms with Gasteiger partial charge < -0.3 is 5.11 Å². The topological polar surface area (TPSA) is 36.4 Å². The van der Waals surface area contributed by atoms with Crippen LogP contribution in [0.2, 0.25) is 0 Å². The third-order valence-corrected chi connectivity index (χ3v) is 4.73. The molecule has 0 saturated carbocycles. The number of β-amino-alcohol motifs (C(OH)–C–C–N with tert-alkyl or cyclic N) is 1. The second-order valence-electron chi connectivity index (χ2n) is 5.37. The molecule has 3 nitrogen and oxygen atoms in total. The molecule has 3 rings (SSSR count). The molecule has 106 valence electrons. The van der Waals surface area contributed by atoms with Gasteiger partial charge in [-0.15, -0.1) is 11.3 Å². The van der Waals surface area contributed by atoms with E-state index in [0.29, 0.717) is 0 Å². The quantitative estimate of drug-likeness (QED) is 0.939. The molecular weight excluding hydrogens is 268 g/mol. The number of hydrogen-bond donors (Lipinski definition) is 1. The fourth-order valence-electron chi connectivity index (χ4n) is 2.58. The monoisotopic (exact) mass is 288 g/mol. The first-order valence-corrected chi connectivity index (χ1v) is 8.06. The number of aliphatic hydroxyl groups is 1. The number of rotatable bonds is 4. The van der Waals surface area contributed by atoms with E-state index in [4.69, 9.17) is 4.98 Å². The van der Waals surface area contributed by atoms with E-state index in [1.165, 1.54) is 11.1 Å². The molecule has 2 aromatic rings. The standard InChI is InChI=1S/C16H20N2OS/c1-2-12-3-5-13(6-4-12)16-17-14(11-20-16)9-18-8-7-15(19)10-18/h3-6,11,15,19H,2,7-10H2,1H3/t15-/m0/s1. The summed E-state index contributed by atoms with van der Waals surface area (Å²) in [4.78, 5) is 6.99. The van der Waals surface area contributed by atoms with Gasteiger partial charge in [-0.05, 0) is 18.4 Å². The first kappa shape index (κ1) is 13.7.